The first kappa shape index (κ1) is 13.1. The van der Waals surface area contributed by atoms with Crippen LogP contribution in [-0.2, 0) is 6.54 Å². The van der Waals surface area contributed by atoms with Gasteiger partial charge < -0.3 is 9.67 Å². The van der Waals surface area contributed by atoms with Crippen molar-refractivity contribution in [3.05, 3.63) is 82.3 Å². The largest absolute Gasteiger partial charge is 0.478 e. The standard InChI is InChI=1S/C17H13NO3/c19-16-14-9-5-4-8-13(14)15(17(20)21)11-18(16)10-12-6-2-1-3-7-12/h1-9,11H,10H2,(H,20,21). The number of nitrogens with zero attached hydrogens (tertiary/aromatic N) is 1. The van der Waals surface area contributed by atoms with Crippen molar-refractivity contribution in [2.45, 2.75) is 6.54 Å². The molecule has 4 nitrogen and oxygen atoms in total. The second kappa shape index (κ2) is 5.25. The molecule has 0 amide bonds. The Hall–Kier alpha value is -2.88. The fourth-order valence-corrected chi connectivity index (χ4v) is 2.41. The maximum atomic E-state index is 12.5. The van der Waals surface area contributed by atoms with Gasteiger partial charge in [-0.1, -0.05) is 48.5 Å². The zero-order valence-corrected chi connectivity index (χ0v) is 11.2. The Kier molecular flexibility index (Phi) is 3.28. The second-order valence-electron chi connectivity index (χ2n) is 4.81. The Morgan fingerprint density at radius 3 is 2.24 bits per heavy atom. The van der Waals surface area contributed by atoms with Gasteiger partial charge in [0.15, 0.2) is 0 Å². The van der Waals surface area contributed by atoms with Crippen LogP contribution in [0.5, 0.6) is 0 Å². The highest BCUT2D eigenvalue weighted by Crippen LogP contribution is 2.16. The number of benzene rings is 2. The molecule has 0 unspecified atom stereocenters. The molecule has 1 aromatic heterocycles. The number of carboxylic acid groups (broad SMARTS) is 1. The lowest BCUT2D eigenvalue weighted by atomic mass is 10.1. The Bertz CT molecular complexity index is 866. The number of pyridine rings is 1. The van der Waals surface area contributed by atoms with Gasteiger partial charge in [-0.3, -0.25) is 4.79 Å². The van der Waals surface area contributed by atoms with Gasteiger partial charge in [-0.2, -0.15) is 0 Å². The van der Waals surface area contributed by atoms with Crippen LogP contribution in [0, 0.1) is 0 Å². The molecule has 104 valence electrons. The number of hydrogen-bond acceptors (Lipinski definition) is 2. The Labute approximate surface area is 120 Å². The molecule has 0 saturated carbocycles. The average Bonchev–Trinajstić information content (AvgIpc) is 2.51. The summed E-state index contributed by atoms with van der Waals surface area (Å²) in [6.07, 6.45) is 1.42. The molecule has 0 spiro atoms. The van der Waals surface area contributed by atoms with E-state index in [1.54, 1.807) is 24.3 Å². The van der Waals surface area contributed by atoms with Gasteiger partial charge in [-0.25, -0.2) is 4.79 Å². The monoisotopic (exact) mass is 279 g/mol. The predicted molar refractivity (Wildman–Crippen MR) is 80.7 cm³/mol. The minimum atomic E-state index is -1.03. The summed E-state index contributed by atoms with van der Waals surface area (Å²) in [7, 11) is 0. The minimum absolute atomic E-state index is 0.140. The fourth-order valence-electron chi connectivity index (χ4n) is 2.41. The first-order chi connectivity index (χ1) is 10.2. The van der Waals surface area contributed by atoms with Crippen molar-refractivity contribution in [2.24, 2.45) is 0 Å². The van der Waals surface area contributed by atoms with Crippen LogP contribution < -0.4 is 5.56 Å². The second-order valence-corrected chi connectivity index (χ2v) is 4.81. The molecule has 0 bridgehead atoms. The fraction of sp³-hybridized carbons (Fsp3) is 0.0588. The first-order valence-corrected chi connectivity index (χ1v) is 6.56. The van der Waals surface area contributed by atoms with Crippen LogP contribution >= 0.6 is 0 Å². The van der Waals surface area contributed by atoms with Gasteiger partial charge in [-0.15, -0.1) is 0 Å². The maximum absolute atomic E-state index is 12.5. The molecule has 21 heavy (non-hydrogen) atoms. The lowest BCUT2D eigenvalue weighted by Gasteiger charge is -2.10. The van der Waals surface area contributed by atoms with E-state index in [-0.39, 0.29) is 11.1 Å². The molecule has 4 heteroatoms. The van der Waals surface area contributed by atoms with E-state index >= 15 is 0 Å². The number of rotatable bonds is 3. The van der Waals surface area contributed by atoms with Crippen LogP contribution in [0.2, 0.25) is 0 Å². The number of fused-ring (bicyclic) bond motifs is 1. The maximum Gasteiger partial charge on any atom is 0.337 e. The lowest BCUT2D eigenvalue weighted by Crippen LogP contribution is -2.22. The molecule has 3 aromatic rings. The molecule has 0 atom stereocenters. The third-order valence-electron chi connectivity index (χ3n) is 3.42. The van der Waals surface area contributed by atoms with E-state index in [1.807, 2.05) is 30.3 Å². The van der Waals surface area contributed by atoms with Crippen molar-refractivity contribution in [2.75, 3.05) is 0 Å². The number of hydrogen-bond donors (Lipinski definition) is 1. The van der Waals surface area contributed by atoms with Crippen LogP contribution in [0.15, 0.2) is 65.6 Å². The van der Waals surface area contributed by atoms with Crippen LogP contribution in [0.25, 0.3) is 10.8 Å². The highest BCUT2D eigenvalue weighted by molar-refractivity contribution is 6.02. The van der Waals surface area contributed by atoms with Crippen molar-refractivity contribution in [1.82, 2.24) is 4.57 Å². The van der Waals surface area contributed by atoms with E-state index in [9.17, 15) is 14.7 Å². The Morgan fingerprint density at radius 2 is 1.57 bits per heavy atom. The van der Waals surface area contributed by atoms with Gasteiger partial charge in [0.1, 0.15) is 0 Å². The van der Waals surface area contributed by atoms with E-state index in [1.165, 1.54) is 10.8 Å². The van der Waals surface area contributed by atoms with Gasteiger partial charge in [0.25, 0.3) is 5.56 Å². The predicted octanol–water partition coefficient (Wildman–Crippen LogP) is 2.75. The summed E-state index contributed by atoms with van der Waals surface area (Å²) in [5.74, 6) is -1.03. The molecular weight excluding hydrogens is 266 g/mol. The SMILES string of the molecule is O=C(O)c1cn(Cc2ccccc2)c(=O)c2ccccc12. The molecule has 0 aliphatic heterocycles. The third-order valence-corrected chi connectivity index (χ3v) is 3.42. The smallest absolute Gasteiger partial charge is 0.337 e. The Balaban J connectivity index is 2.22. The number of carboxylic acids is 1. The minimum Gasteiger partial charge on any atom is -0.478 e. The number of carbonyl (C=O) groups is 1. The molecule has 3 rings (SSSR count). The van der Waals surface area contributed by atoms with E-state index in [4.69, 9.17) is 0 Å². The Morgan fingerprint density at radius 1 is 0.952 bits per heavy atom. The highest BCUT2D eigenvalue weighted by atomic mass is 16.4. The van der Waals surface area contributed by atoms with Crippen molar-refractivity contribution in [3.8, 4) is 0 Å². The van der Waals surface area contributed by atoms with Crippen LogP contribution in [0.1, 0.15) is 15.9 Å². The van der Waals surface area contributed by atoms with Crippen LogP contribution in [-0.4, -0.2) is 15.6 Å². The molecule has 0 radical (unpaired) electrons. The van der Waals surface area contributed by atoms with E-state index in [0.29, 0.717) is 17.3 Å². The van der Waals surface area contributed by atoms with Crippen LogP contribution in [0.3, 0.4) is 0 Å². The third kappa shape index (κ3) is 2.43. The molecule has 2 aromatic carbocycles. The summed E-state index contributed by atoms with van der Waals surface area (Å²) in [4.78, 5) is 23.9. The lowest BCUT2D eigenvalue weighted by molar-refractivity contribution is 0.0698. The van der Waals surface area contributed by atoms with Gasteiger partial charge in [0.2, 0.25) is 0 Å². The number of aromatic nitrogens is 1. The normalized spacial score (nSPS) is 10.7. The molecule has 0 aliphatic rings. The summed E-state index contributed by atoms with van der Waals surface area (Å²) in [6.45, 7) is 0.352. The zero-order valence-electron chi connectivity index (χ0n) is 11.2. The zero-order chi connectivity index (χ0) is 14.8. The molecule has 1 N–H and O–H groups in total. The summed E-state index contributed by atoms with van der Waals surface area (Å²) in [6, 6.07) is 16.3. The van der Waals surface area contributed by atoms with Crippen LogP contribution in [0.4, 0.5) is 0 Å². The van der Waals surface area contributed by atoms with Crippen molar-refractivity contribution in [1.29, 1.82) is 0 Å². The molecule has 1 heterocycles. The molecule has 0 fully saturated rings. The molecule has 0 saturated heterocycles. The average molecular weight is 279 g/mol. The first-order valence-electron chi connectivity index (χ1n) is 6.56. The van der Waals surface area contributed by atoms with E-state index < -0.39 is 5.97 Å². The van der Waals surface area contributed by atoms with Gasteiger partial charge in [0, 0.05) is 17.0 Å². The van der Waals surface area contributed by atoms with E-state index in [0.717, 1.165) is 5.56 Å². The quantitative estimate of drug-likeness (QED) is 0.802. The van der Waals surface area contributed by atoms with Gasteiger partial charge in [-0.05, 0) is 11.6 Å². The van der Waals surface area contributed by atoms with Crippen molar-refractivity contribution in [3.63, 3.8) is 0 Å². The van der Waals surface area contributed by atoms with Crippen molar-refractivity contribution < 1.29 is 9.90 Å². The van der Waals surface area contributed by atoms with Gasteiger partial charge >= 0.3 is 5.97 Å². The summed E-state index contributed by atoms with van der Waals surface area (Å²) < 4.78 is 1.45. The van der Waals surface area contributed by atoms with E-state index in [2.05, 4.69) is 0 Å². The number of aromatic carboxylic acids is 1. The molecular formula is C17H13NO3. The summed E-state index contributed by atoms with van der Waals surface area (Å²) >= 11 is 0. The van der Waals surface area contributed by atoms with Gasteiger partial charge in [0.05, 0.1) is 12.1 Å². The molecule has 0 aliphatic carbocycles. The highest BCUT2D eigenvalue weighted by Gasteiger charge is 2.13. The van der Waals surface area contributed by atoms with Crippen molar-refractivity contribution >= 4 is 16.7 Å². The topological polar surface area (TPSA) is 59.3 Å². The summed E-state index contributed by atoms with van der Waals surface area (Å²) in [5, 5.41) is 10.2. The summed E-state index contributed by atoms with van der Waals surface area (Å²) in [5.41, 5.74) is 0.909.